The molecule has 0 aromatic rings. The Bertz CT molecular complexity index is 184. The number of carbonyl (C=O) groups is 1. The number of hydrogen-bond acceptors (Lipinski definition) is 3. The van der Waals surface area contributed by atoms with Gasteiger partial charge in [-0.2, -0.15) is 0 Å². The lowest BCUT2D eigenvalue weighted by Gasteiger charge is -2.37. The molecule has 1 saturated heterocycles. The molecule has 0 unspecified atom stereocenters. The van der Waals surface area contributed by atoms with Crippen molar-refractivity contribution in [2.24, 2.45) is 0 Å². The largest absolute Gasteiger partial charge is 0.355 e. The third kappa shape index (κ3) is 3.32. The zero-order chi connectivity index (χ0) is 9.84. The van der Waals surface area contributed by atoms with Gasteiger partial charge in [-0.15, -0.1) is 0 Å². The Hall–Kier alpha value is -0.610. The molecule has 76 valence electrons. The van der Waals surface area contributed by atoms with Crippen LogP contribution in [0.1, 0.15) is 6.92 Å². The average molecular weight is 185 g/mol. The van der Waals surface area contributed by atoms with Crippen molar-refractivity contribution in [3.63, 3.8) is 0 Å². The lowest BCUT2D eigenvalue weighted by atomic mass is 10.2. The zero-order valence-corrected chi connectivity index (χ0v) is 8.71. The number of hydrogen-bond donors (Lipinski definition) is 1. The van der Waals surface area contributed by atoms with Gasteiger partial charge in [-0.25, -0.2) is 0 Å². The molecule has 0 spiro atoms. The quantitative estimate of drug-likeness (QED) is 0.622. The van der Waals surface area contributed by atoms with Gasteiger partial charge in [-0.05, 0) is 14.1 Å². The molecule has 4 heteroatoms. The average Bonchev–Trinajstić information content (AvgIpc) is 2.06. The molecule has 1 aliphatic heterocycles. The highest BCUT2D eigenvalue weighted by atomic mass is 16.1. The van der Waals surface area contributed by atoms with E-state index in [4.69, 9.17) is 0 Å². The SMILES string of the molecule is CC(=O)NC[C@H]1CN(C)CCN1C. The third-order valence-electron chi connectivity index (χ3n) is 2.57. The highest BCUT2D eigenvalue weighted by molar-refractivity contribution is 5.72. The number of nitrogens with zero attached hydrogens (tertiary/aromatic N) is 2. The van der Waals surface area contributed by atoms with Gasteiger partial charge in [-0.3, -0.25) is 9.69 Å². The Morgan fingerprint density at radius 1 is 1.46 bits per heavy atom. The normalized spacial score (nSPS) is 25.9. The van der Waals surface area contributed by atoms with Crippen LogP contribution in [0, 0.1) is 0 Å². The summed E-state index contributed by atoms with van der Waals surface area (Å²) in [5, 5.41) is 2.86. The first-order valence-electron chi connectivity index (χ1n) is 4.73. The molecular weight excluding hydrogens is 166 g/mol. The second kappa shape index (κ2) is 4.58. The minimum absolute atomic E-state index is 0.0571. The molecule has 0 saturated carbocycles. The van der Waals surface area contributed by atoms with Crippen molar-refractivity contribution in [3.8, 4) is 0 Å². The number of nitrogens with one attached hydrogen (secondary N) is 1. The van der Waals surface area contributed by atoms with Crippen LogP contribution in [0.5, 0.6) is 0 Å². The van der Waals surface area contributed by atoms with Gasteiger partial charge in [0.2, 0.25) is 5.91 Å². The van der Waals surface area contributed by atoms with E-state index in [1.807, 2.05) is 0 Å². The minimum atomic E-state index is 0.0571. The van der Waals surface area contributed by atoms with Crippen LogP contribution in [0.15, 0.2) is 0 Å². The van der Waals surface area contributed by atoms with Gasteiger partial charge >= 0.3 is 0 Å². The second-order valence-electron chi connectivity index (χ2n) is 3.83. The molecule has 0 aromatic heterocycles. The summed E-state index contributed by atoms with van der Waals surface area (Å²) in [4.78, 5) is 15.3. The van der Waals surface area contributed by atoms with Gasteiger partial charge in [0, 0.05) is 39.1 Å². The van der Waals surface area contributed by atoms with Gasteiger partial charge in [-0.1, -0.05) is 0 Å². The van der Waals surface area contributed by atoms with Crippen LogP contribution in [0.25, 0.3) is 0 Å². The predicted octanol–water partition coefficient (Wildman–Crippen LogP) is -0.632. The fourth-order valence-corrected chi connectivity index (χ4v) is 1.58. The molecule has 0 bridgehead atoms. The predicted molar refractivity (Wildman–Crippen MR) is 52.6 cm³/mol. The number of likely N-dealkylation sites (N-methyl/N-ethyl adjacent to an activating group) is 2. The summed E-state index contributed by atoms with van der Waals surface area (Å²) < 4.78 is 0. The summed E-state index contributed by atoms with van der Waals surface area (Å²) in [6.07, 6.45) is 0. The molecule has 13 heavy (non-hydrogen) atoms. The molecular formula is C9H19N3O. The lowest BCUT2D eigenvalue weighted by molar-refractivity contribution is -0.119. The van der Waals surface area contributed by atoms with Crippen LogP contribution >= 0.6 is 0 Å². The monoisotopic (exact) mass is 185 g/mol. The maximum absolute atomic E-state index is 10.7. The summed E-state index contributed by atoms with van der Waals surface area (Å²) in [6, 6.07) is 0.461. The topological polar surface area (TPSA) is 35.6 Å². The van der Waals surface area contributed by atoms with E-state index < -0.39 is 0 Å². The van der Waals surface area contributed by atoms with E-state index in [0.717, 1.165) is 26.2 Å². The molecule has 1 atom stereocenters. The molecule has 1 heterocycles. The van der Waals surface area contributed by atoms with Gasteiger partial charge in [0.25, 0.3) is 0 Å². The van der Waals surface area contributed by atoms with Crippen molar-refractivity contribution in [1.82, 2.24) is 15.1 Å². The lowest BCUT2D eigenvalue weighted by Crippen LogP contribution is -2.54. The molecule has 1 fully saturated rings. The zero-order valence-electron chi connectivity index (χ0n) is 8.71. The number of amides is 1. The molecule has 1 N–H and O–H groups in total. The minimum Gasteiger partial charge on any atom is -0.355 e. The van der Waals surface area contributed by atoms with Crippen LogP contribution < -0.4 is 5.32 Å². The van der Waals surface area contributed by atoms with Crippen LogP contribution in [-0.4, -0.2) is 62.0 Å². The van der Waals surface area contributed by atoms with Gasteiger partial charge in [0.1, 0.15) is 0 Å². The van der Waals surface area contributed by atoms with Gasteiger partial charge in [0.15, 0.2) is 0 Å². The van der Waals surface area contributed by atoms with Crippen molar-refractivity contribution in [3.05, 3.63) is 0 Å². The third-order valence-corrected chi connectivity index (χ3v) is 2.57. The van der Waals surface area contributed by atoms with Crippen LogP contribution in [0.4, 0.5) is 0 Å². The van der Waals surface area contributed by atoms with Crippen molar-refractivity contribution < 1.29 is 4.79 Å². The fraction of sp³-hybridized carbons (Fsp3) is 0.889. The highest BCUT2D eigenvalue weighted by Gasteiger charge is 2.21. The number of rotatable bonds is 2. The molecule has 0 aliphatic carbocycles. The molecule has 1 aliphatic rings. The Morgan fingerprint density at radius 2 is 2.15 bits per heavy atom. The standard InChI is InChI=1S/C9H19N3O/c1-8(13)10-6-9-7-11(2)4-5-12(9)3/h9H,4-7H2,1-3H3,(H,10,13)/t9-/m0/s1. The highest BCUT2D eigenvalue weighted by Crippen LogP contribution is 2.04. The Balaban J connectivity index is 2.33. The summed E-state index contributed by atoms with van der Waals surface area (Å²) >= 11 is 0. The van der Waals surface area contributed by atoms with Crippen molar-refractivity contribution in [2.75, 3.05) is 40.3 Å². The number of piperazine rings is 1. The van der Waals surface area contributed by atoms with Gasteiger partial charge < -0.3 is 10.2 Å². The van der Waals surface area contributed by atoms with Crippen LogP contribution in [0.2, 0.25) is 0 Å². The van der Waals surface area contributed by atoms with Crippen LogP contribution in [0.3, 0.4) is 0 Å². The summed E-state index contributed by atoms with van der Waals surface area (Å²) in [6.45, 7) is 5.56. The molecule has 0 radical (unpaired) electrons. The molecule has 1 rings (SSSR count). The molecule has 1 amide bonds. The van der Waals surface area contributed by atoms with E-state index in [1.165, 1.54) is 0 Å². The Kier molecular flexibility index (Phi) is 3.69. The van der Waals surface area contributed by atoms with E-state index >= 15 is 0 Å². The first-order chi connectivity index (χ1) is 6.09. The van der Waals surface area contributed by atoms with E-state index in [0.29, 0.717) is 6.04 Å². The first kappa shape index (κ1) is 10.5. The smallest absolute Gasteiger partial charge is 0.216 e. The summed E-state index contributed by atoms with van der Waals surface area (Å²) in [5.41, 5.74) is 0. The Morgan fingerprint density at radius 3 is 2.77 bits per heavy atom. The fourth-order valence-electron chi connectivity index (χ4n) is 1.58. The van der Waals surface area contributed by atoms with E-state index in [9.17, 15) is 4.79 Å². The van der Waals surface area contributed by atoms with Gasteiger partial charge in [0.05, 0.1) is 0 Å². The summed E-state index contributed by atoms with van der Waals surface area (Å²) in [7, 11) is 4.23. The van der Waals surface area contributed by atoms with Crippen molar-refractivity contribution >= 4 is 5.91 Å². The van der Waals surface area contributed by atoms with E-state index in [2.05, 4.69) is 29.2 Å². The molecule has 4 nitrogen and oxygen atoms in total. The molecule has 0 aromatic carbocycles. The number of carbonyl (C=O) groups excluding carboxylic acids is 1. The summed E-state index contributed by atoms with van der Waals surface area (Å²) in [5.74, 6) is 0.0571. The maximum Gasteiger partial charge on any atom is 0.216 e. The second-order valence-corrected chi connectivity index (χ2v) is 3.83. The van der Waals surface area contributed by atoms with E-state index in [-0.39, 0.29) is 5.91 Å². The van der Waals surface area contributed by atoms with E-state index in [1.54, 1.807) is 6.92 Å². The Labute approximate surface area is 79.9 Å². The first-order valence-corrected chi connectivity index (χ1v) is 4.73. The van der Waals surface area contributed by atoms with Crippen molar-refractivity contribution in [1.29, 1.82) is 0 Å². The maximum atomic E-state index is 10.7. The van der Waals surface area contributed by atoms with Crippen LogP contribution in [-0.2, 0) is 4.79 Å². The van der Waals surface area contributed by atoms with Crippen molar-refractivity contribution in [2.45, 2.75) is 13.0 Å².